The Balaban J connectivity index is 5.10. The number of hydrogen-bond donors (Lipinski definition) is 5. The largest absolute Gasteiger partial charge is 0.512 e. The third-order valence-electron chi connectivity index (χ3n) is 1.65. The van der Waals surface area contributed by atoms with Crippen LogP contribution in [-0.4, -0.2) is 32.6 Å². The first-order valence-corrected chi connectivity index (χ1v) is 4.74. The van der Waals surface area contributed by atoms with Crippen LogP contribution in [0.1, 0.15) is 0 Å². The lowest BCUT2D eigenvalue weighted by Gasteiger charge is -2.13. The normalized spacial score (nSPS) is 14.6. The molecule has 106 valence electrons. The number of rotatable bonds is 7. The minimum absolute atomic E-state index is 0.253. The number of ether oxygens (including phenoxy) is 3. The molecule has 0 rings (SSSR count). The van der Waals surface area contributed by atoms with Gasteiger partial charge in [-0.25, -0.2) is 0 Å². The quantitative estimate of drug-likeness (QED) is 0.353. The topological polar surface area (TPSA) is 129 Å². The van der Waals surface area contributed by atoms with Gasteiger partial charge in [-0.1, -0.05) is 0 Å². The van der Waals surface area contributed by atoms with E-state index in [1.165, 1.54) is 7.11 Å². The fraction of sp³-hybridized carbons (Fsp3) is 0.0909. The second-order valence-electron chi connectivity index (χ2n) is 2.68. The van der Waals surface area contributed by atoms with E-state index in [-0.39, 0.29) is 17.3 Å². The van der Waals surface area contributed by atoms with Gasteiger partial charge in [0.1, 0.15) is 37.6 Å². The van der Waals surface area contributed by atoms with E-state index in [1.807, 2.05) is 0 Å². The van der Waals surface area contributed by atoms with Crippen LogP contribution in [0.4, 0.5) is 0 Å². The highest BCUT2D eigenvalue weighted by Gasteiger charge is 2.16. The number of aliphatic hydroxyl groups is 5. The molecule has 0 aliphatic rings. The van der Waals surface area contributed by atoms with Gasteiger partial charge in [0.25, 0.3) is 0 Å². The summed E-state index contributed by atoms with van der Waals surface area (Å²) >= 11 is 0. The van der Waals surface area contributed by atoms with Gasteiger partial charge in [-0.15, -0.1) is 0 Å². The molecule has 0 aliphatic heterocycles. The number of aliphatic hydroxyl groups excluding tert-OH is 5. The minimum atomic E-state index is -0.433. The summed E-state index contributed by atoms with van der Waals surface area (Å²) in [6, 6.07) is 0. The summed E-state index contributed by atoms with van der Waals surface area (Å²) in [6.45, 7) is 0. The number of methoxy groups -OCH3 is 1. The van der Waals surface area contributed by atoms with E-state index in [1.54, 1.807) is 0 Å². The van der Waals surface area contributed by atoms with Crippen molar-refractivity contribution in [2.45, 2.75) is 0 Å². The van der Waals surface area contributed by atoms with Gasteiger partial charge in [0.15, 0.2) is 5.76 Å². The second kappa shape index (κ2) is 9.16. The monoisotopic (exact) mass is 274 g/mol. The van der Waals surface area contributed by atoms with Crippen molar-refractivity contribution in [3.8, 4) is 0 Å². The summed E-state index contributed by atoms with van der Waals surface area (Å²) < 4.78 is 14.3. The van der Waals surface area contributed by atoms with Gasteiger partial charge in [-0.05, 0) is 0 Å². The predicted molar refractivity (Wildman–Crippen MR) is 63.8 cm³/mol. The fourth-order valence-electron chi connectivity index (χ4n) is 0.872. The van der Waals surface area contributed by atoms with Crippen molar-refractivity contribution in [1.29, 1.82) is 0 Å². The Morgan fingerprint density at radius 3 is 1.58 bits per heavy atom. The molecule has 0 aromatic heterocycles. The summed E-state index contributed by atoms with van der Waals surface area (Å²) in [5.74, 6) is -1.45. The van der Waals surface area contributed by atoms with Crippen molar-refractivity contribution in [3.05, 3.63) is 60.6 Å². The van der Waals surface area contributed by atoms with Gasteiger partial charge in [0.2, 0.25) is 17.3 Å². The highest BCUT2D eigenvalue weighted by Crippen LogP contribution is 2.21. The first kappa shape index (κ1) is 16.1. The van der Waals surface area contributed by atoms with E-state index in [0.29, 0.717) is 31.3 Å². The van der Waals surface area contributed by atoms with E-state index < -0.39 is 5.76 Å². The van der Waals surface area contributed by atoms with Gasteiger partial charge in [-0.2, -0.15) is 0 Å². The van der Waals surface area contributed by atoms with Crippen molar-refractivity contribution in [2.24, 2.45) is 0 Å². The smallest absolute Gasteiger partial charge is 0.207 e. The van der Waals surface area contributed by atoms with Crippen molar-refractivity contribution in [3.63, 3.8) is 0 Å². The maximum atomic E-state index is 8.96. The molecular weight excluding hydrogens is 260 g/mol. The van der Waals surface area contributed by atoms with Crippen molar-refractivity contribution >= 4 is 0 Å². The van der Waals surface area contributed by atoms with Crippen molar-refractivity contribution < 1.29 is 39.7 Å². The maximum Gasteiger partial charge on any atom is 0.207 e. The lowest BCUT2D eigenvalue weighted by molar-refractivity contribution is 0.182. The third-order valence-corrected chi connectivity index (χ3v) is 1.65. The molecule has 0 spiro atoms. The maximum absolute atomic E-state index is 8.96. The van der Waals surface area contributed by atoms with E-state index >= 15 is 0 Å². The van der Waals surface area contributed by atoms with Crippen LogP contribution in [0.3, 0.4) is 0 Å². The molecule has 19 heavy (non-hydrogen) atoms. The highest BCUT2D eigenvalue weighted by molar-refractivity contribution is 5.24. The number of hydrogen-bond acceptors (Lipinski definition) is 8. The molecule has 0 amide bonds. The van der Waals surface area contributed by atoms with Gasteiger partial charge >= 0.3 is 0 Å². The minimum Gasteiger partial charge on any atom is -0.512 e. The highest BCUT2D eigenvalue weighted by atomic mass is 16.6. The fourth-order valence-corrected chi connectivity index (χ4v) is 0.872. The Morgan fingerprint density at radius 1 is 0.737 bits per heavy atom. The van der Waals surface area contributed by atoms with E-state index in [0.717, 1.165) is 6.26 Å². The molecular formula is C11H14O8. The summed E-state index contributed by atoms with van der Waals surface area (Å²) in [5.41, 5.74) is 0. The zero-order valence-electron chi connectivity index (χ0n) is 9.92. The lowest BCUT2D eigenvalue weighted by atomic mass is 10.4. The summed E-state index contributed by atoms with van der Waals surface area (Å²) in [7, 11) is 1.20. The summed E-state index contributed by atoms with van der Waals surface area (Å²) in [6.07, 6.45) is 3.14. The first-order chi connectivity index (χ1) is 9.18. The summed E-state index contributed by atoms with van der Waals surface area (Å²) in [5, 5.41) is 44.0. The van der Waals surface area contributed by atoms with Crippen LogP contribution in [0, 0.1) is 0 Å². The van der Waals surface area contributed by atoms with E-state index in [4.69, 9.17) is 30.3 Å². The zero-order valence-corrected chi connectivity index (χ0v) is 9.92. The molecule has 0 radical (unpaired) electrons. The molecule has 0 atom stereocenters. The van der Waals surface area contributed by atoms with Crippen LogP contribution in [-0.2, 0) is 14.2 Å². The lowest BCUT2D eigenvalue weighted by Crippen LogP contribution is -2.03. The van der Waals surface area contributed by atoms with Crippen LogP contribution in [0.2, 0.25) is 0 Å². The first-order valence-electron chi connectivity index (χ1n) is 4.74. The molecule has 0 aromatic carbocycles. The molecule has 8 nitrogen and oxygen atoms in total. The molecule has 0 bridgehead atoms. The van der Waals surface area contributed by atoms with E-state index in [2.05, 4.69) is 9.47 Å². The predicted octanol–water partition coefficient (Wildman–Crippen LogP) is 2.29. The Bertz CT molecular complexity index is 416. The van der Waals surface area contributed by atoms with E-state index in [9.17, 15) is 0 Å². The van der Waals surface area contributed by atoms with Gasteiger partial charge in [0.05, 0.1) is 7.11 Å². The molecule has 8 heteroatoms. The van der Waals surface area contributed by atoms with Gasteiger partial charge in [-0.3, -0.25) is 0 Å². The van der Waals surface area contributed by atoms with Crippen LogP contribution in [0.25, 0.3) is 0 Å². The van der Waals surface area contributed by atoms with Crippen LogP contribution >= 0.6 is 0 Å². The van der Waals surface area contributed by atoms with Crippen LogP contribution in [0.5, 0.6) is 0 Å². The Kier molecular flexibility index (Phi) is 7.76. The molecule has 0 unspecified atom stereocenters. The van der Waals surface area contributed by atoms with Crippen molar-refractivity contribution in [1.82, 2.24) is 0 Å². The molecule has 0 saturated heterocycles. The molecule has 0 heterocycles. The molecule has 0 aromatic rings. The van der Waals surface area contributed by atoms with Gasteiger partial charge < -0.3 is 39.7 Å². The molecule has 0 fully saturated rings. The average Bonchev–Trinajstić information content (AvgIpc) is 2.45. The SMILES string of the molecule is COC(=CO)C(=CO)OC(=CO)C(=CO)OC=CO. The Hall–Kier alpha value is -2.90. The van der Waals surface area contributed by atoms with Crippen LogP contribution in [0.15, 0.2) is 60.6 Å². The Morgan fingerprint density at radius 2 is 1.21 bits per heavy atom. The molecule has 5 N–H and O–H groups in total. The third kappa shape index (κ3) is 4.86. The zero-order chi connectivity index (χ0) is 14.7. The standard InChI is InChI=1S/C11H14O8/c1-17-8(4-13)10(6-15)19-11(7-16)9(5-14)18-3-2-12/h2-7,12-16H,1H3. The van der Waals surface area contributed by atoms with Crippen LogP contribution < -0.4 is 0 Å². The average molecular weight is 274 g/mol. The molecule has 0 aliphatic carbocycles. The van der Waals surface area contributed by atoms with Gasteiger partial charge in [0, 0.05) is 0 Å². The van der Waals surface area contributed by atoms with Crippen molar-refractivity contribution in [2.75, 3.05) is 7.11 Å². The Labute approximate surface area is 108 Å². The molecule has 0 saturated carbocycles. The summed E-state index contributed by atoms with van der Waals surface area (Å²) in [4.78, 5) is 0. The second-order valence-corrected chi connectivity index (χ2v) is 2.68.